The third kappa shape index (κ3) is 3.69. The van der Waals surface area contributed by atoms with Gasteiger partial charge in [-0.1, -0.05) is 77.1 Å². The molecule has 9 atom stereocenters. The highest BCUT2D eigenvalue weighted by Gasteiger charge is 2.71. The molecule has 0 saturated heterocycles. The van der Waals surface area contributed by atoms with Crippen molar-refractivity contribution in [3.63, 3.8) is 0 Å². The van der Waals surface area contributed by atoms with E-state index >= 15 is 0 Å². The average Bonchev–Trinajstić information content (AvgIpc) is 3.30. The zero-order chi connectivity index (χ0) is 29.8. The van der Waals surface area contributed by atoms with Crippen LogP contribution in [0.1, 0.15) is 122 Å². The Kier molecular flexibility index (Phi) is 6.47. The maximum Gasteiger partial charge on any atom is 0.309 e. The second kappa shape index (κ2) is 9.17. The van der Waals surface area contributed by atoms with E-state index in [1.54, 1.807) is 6.92 Å². The summed E-state index contributed by atoms with van der Waals surface area (Å²) in [5.74, 6) is 1.83. The summed E-state index contributed by atoms with van der Waals surface area (Å²) in [6, 6.07) is 8.29. The fourth-order valence-electron chi connectivity index (χ4n) is 12.5. The maximum atomic E-state index is 12.9. The van der Waals surface area contributed by atoms with Gasteiger partial charge in [0.15, 0.2) is 5.78 Å². The number of allylic oxidation sites excluding steroid dienone is 3. The number of carboxylic acid groups (broad SMARTS) is 1. The molecular formula is C38H52O3. The van der Waals surface area contributed by atoms with Crippen molar-refractivity contribution in [3.05, 3.63) is 53.6 Å². The van der Waals surface area contributed by atoms with Gasteiger partial charge in [0.05, 0.1) is 5.41 Å². The summed E-state index contributed by atoms with van der Waals surface area (Å²) in [7, 11) is 0. The lowest BCUT2D eigenvalue weighted by molar-refractivity contribution is -0.227. The first kappa shape index (κ1) is 28.9. The highest BCUT2D eigenvalue weighted by Crippen LogP contribution is 2.77. The summed E-state index contributed by atoms with van der Waals surface area (Å²) < 4.78 is 0. The Morgan fingerprint density at radius 1 is 0.829 bits per heavy atom. The van der Waals surface area contributed by atoms with Crippen molar-refractivity contribution in [3.8, 4) is 0 Å². The van der Waals surface area contributed by atoms with E-state index in [-0.39, 0.29) is 33.4 Å². The number of hydrogen-bond acceptors (Lipinski definition) is 2. The highest BCUT2D eigenvalue weighted by atomic mass is 16.4. The van der Waals surface area contributed by atoms with Crippen LogP contribution in [0.25, 0.3) is 5.57 Å². The Bertz CT molecular complexity index is 1320. The monoisotopic (exact) mass is 556 g/mol. The molecule has 1 N–H and O–H groups in total. The molecule has 4 saturated carbocycles. The topological polar surface area (TPSA) is 54.4 Å². The third-order valence-electron chi connectivity index (χ3n) is 14.7. The van der Waals surface area contributed by atoms with Crippen LogP contribution in [-0.4, -0.2) is 16.9 Å². The van der Waals surface area contributed by atoms with Gasteiger partial charge >= 0.3 is 5.97 Å². The number of aliphatic carboxylic acids is 1. The lowest BCUT2D eigenvalue weighted by Crippen LogP contribution is -2.65. The molecule has 222 valence electrons. The number of hydrogen-bond donors (Lipinski definition) is 1. The van der Waals surface area contributed by atoms with Gasteiger partial charge in [-0.2, -0.15) is 0 Å². The van der Waals surface area contributed by atoms with Crippen LogP contribution in [0, 0.1) is 56.7 Å². The first-order valence-electron chi connectivity index (χ1n) is 16.3. The zero-order valence-corrected chi connectivity index (χ0v) is 26.6. The predicted molar refractivity (Wildman–Crippen MR) is 166 cm³/mol. The first-order valence-corrected chi connectivity index (χ1v) is 16.3. The van der Waals surface area contributed by atoms with Crippen molar-refractivity contribution in [2.75, 3.05) is 0 Å². The average molecular weight is 557 g/mol. The van der Waals surface area contributed by atoms with Crippen molar-refractivity contribution in [2.45, 2.75) is 106 Å². The van der Waals surface area contributed by atoms with Crippen LogP contribution in [0.5, 0.6) is 0 Å². The molecule has 0 aliphatic heterocycles. The smallest absolute Gasteiger partial charge is 0.309 e. The number of fused-ring (bicyclic) bond motifs is 7. The van der Waals surface area contributed by atoms with E-state index in [0.29, 0.717) is 23.7 Å². The highest BCUT2D eigenvalue weighted by molar-refractivity contribution is 5.94. The van der Waals surface area contributed by atoms with Gasteiger partial charge < -0.3 is 5.11 Å². The van der Waals surface area contributed by atoms with Crippen LogP contribution in [-0.2, 0) is 4.79 Å². The van der Waals surface area contributed by atoms with Gasteiger partial charge in [0.1, 0.15) is 0 Å². The number of carbonyl (C=O) groups is 2. The van der Waals surface area contributed by atoms with E-state index in [1.165, 1.54) is 36.0 Å². The van der Waals surface area contributed by atoms with Crippen LogP contribution in [0.15, 0.2) is 42.5 Å². The number of carbonyl (C=O) groups excluding carboxylic acids is 1. The molecule has 3 nitrogen and oxygen atoms in total. The molecule has 5 aliphatic carbocycles. The summed E-state index contributed by atoms with van der Waals surface area (Å²) in [6.45, 7) is 20.9. The molecule has 6 rings (SSSR count). The van der Waals surface area contributed by atoms with Gasteiger partial charge in [-0.3, -0.25) is 9.59 Å². The molecule has 0 bridgehead atoms. The van der Waals surface area contributed by atoms with Crippen LogP contribution >= 0.6 is 0 Å². The quantitative estimate of drug-likeness (QED) is 0.297. The Morgan fingerprint density at radius 3 is 2.12 bits per heavy atom. The zero-order valence-electron chi connectivity index (χ0n) is 26.6. The van der Waals surface area contributed by atoms with Crippen LogP contribution in [0.3, 0.4) is 0 Å². The lowest BCUT2D eigenvalue weighted by atomic mass is 9.32. The standard InChI is InChI=1S/C38H52O3/c1-23(2)27-15-20-38(33(40)41)22-21-36(7)29(32(27)38)13-14-31-35(6)18-16-28(26-11-9-25(10-12-26)24(3)39)34(4,5)30(35)17-19-37(31,36)8/h9-12,16,27,29-32H,1,13-15,17-22H2,2-8H3,(H,40,41)/t27-,29+,30-,31+,32+,35-,36+,37+,38-/m0/s1. The second-order valence-electron chi connectivity index (χ2n) is 16.3. The summed E-state index contributed by atoms with van der Waals surface area (Å²) in [6.07, 6.45) is 12.2. The number of Topliss-reactive ketones (excluding diaryl/α,β-unsaturated/α-hetero) is 1. The van der Waals surface area contributed by atoms with E-state index in [0.717, 1.165) is 44.1 Å². The molecule has 0 aromatic heterocycles. The molecule has 0 heterocycles. The molecule has 1 aromatic rings. The minimum absolute atomic E-state index is 0.0470. The Labute approximate surface area is 248 Å². The third-order valence-corrected chi connectivity index (χ3v) is 14.7. The molecule has 3 heteroatoms. The molecule has 4 fully saturated rings. The maximum absolute atomic E-state index is 12.9. The minimum atomic E-state index is -0.555. The van der Waals surface area contributed by atoms with Crippen molar-refractivity contribution in [1.29, 1.82) is 0 Å². The van der Waals surface area contributed by atoms with Crippen molar-refractivity contribution in [1.82, 2.24) is 0 Å². The summed E-state index contributed by atoms with van der Waals surface area (Å²) in [5.41, 5.74) is 4.76. The molecule has 0 spiro atoms. The van der Waals surface area contributed by atoms with E-state index in [9.17, 15) is 14.7 Å². The molecule has 5 aliphatic rings. The number of ketones is 1. The van der Waals surface area contributed by atoms with Crippen molar-refractivity contribution >= 4 is 17.3 Å². The molecule has 41 heavy (non-hydrogen) atoms. The van der Waals surface area contributed by atoms with E-state index in [4.69, 9.17) is 0 Å². The minimum Gasteiger partial charge on any atom is -0.481 e. The summed E-state index contributed by atoms with van der Waals surface area (Å²) >= 11 is 0. The Balaban J connectivity index is 1.37. The van der Waals surface area contributed by atoms with E-state index in [2.05, 4.69) is 66.3 Å². The Hall–Kier alpha value is -2.16. The molecule has 0 radical (unpaired) electrons. The molecule has 0 unspecified atom stereocenters. The van der Waals surface area contributed by atoms with Gasteiger partial charge in [0.25, 0.3) is 0 Å². The second-order valence-corrected chi connectivity index (χ2v) is 16.3. The normalized spacial score (nSPS) is 44.5. The number of benzene rings is 1. The fraction of sp³-hybridized carbons (Fsp3) is 0.684. The fourth-order valence-corrected chi connectivity index (χ4v) is 12.5. The van der Waals surface area contributed by atoms with Crippen molar-refractivity contribution in [2.24, 2.45) is 56.7 Å². The van der Waals surface area contributed by atoms with Crippen LogP contribution in [0.2, 0.25) is 0 Å². The molecule has 1 aromatic carbocycles. The van der Waals surface area contributed by atoms with E-state index < -0.39 is 11.4 Å². The Morgan fingerprint density at radius 2 is 1.51 bits per heavy atom. The predicted octanol–water partition coefficient (Wildman–Crippen LogP) is 9.62. The van der Waals surface area contributed by atoms with Gasteiger partial charge in [0.2, 0.25) is 0 Å². The van der Waals surface area contributed by atoms with Crippen LogP contribution in [0.4, 0.5) is 0 Å². The van der Waals surface area contributed by atoms with Gasteiger partial charge in [-0.25, -0.2) is 0 Å². The van der Waals surface area contributed by atoms with Crippen molar-refractivity contribution < 1.29 is 14.7 Å². The lowest BCUT2D eigenvalue weighted by Gasteiger charge is -2.72. The van der Waals surface area contributed by atoms with Crippen LogP contribution < -0.4 is 0 Å². The first-order chi connectivity index (χ1) is 19.1. The SMILES string of the molecule is C=C(C)[C@@H]1CC[C@]2(C(=O)O)CC[C@]3(C)[C@H](CC[C@@H]4[C@@]5(C)CC=C(c6ccc(C(C)=O)cc6)C(C)(C)[C@@H]5CC[C@]43C)[C@@H]12. The van der Waals surface area contributed by atoms with Gasteiger partial charge in [-0.15, -0.1) is 0 Å². The summed E-state index contributed by atoms with van der Waals surface area (Å²) in [5, 5.41) is 10.6. The molecular weight excluding hydrogens is 504 g/mol. The van der Waals surface area contributed by atoms with Gasteiger partial charge in [-0.05, 0) is 134 Å². The number of rotatable bonds is 4. The molecule has 0 amide bonds. The number of carboxylic acids is 1. The largest absolute Gasteiger partial charge is 0.481 e. The van der Waals surface area contributed by atoms with E-state index in [1.807, 2.05) is 12.1 Å². The van der Waals surface area contributed by atoms with Gasteiger partial charge in [0, 0.05) is 5.56 Å². The summed E-state index contributed by atoms with van der Waals surface area (Å²) in [4.78, 5) is 24.8.